The first kappa shape index (κ1) is 41.6. The molecule has 1 aliphatic rings. The van der Waals surface area contributed by atoms with Crippen LogP contribution in [0.3, 0.4) is 0 Å². The van der Waals surface area contributed by atoms with Crippen LogP contribution in [-0.4, -0.2) is 81.1 Å². The van der Waals surface area contributed by atoms with E-state index in [2.05, 4.69) is 45.5 Å². The summed E-state index contributed by atoms with van der Waals surface area (Å²) in [6, 6.07) is 0. The van der Waals surface area contributed by atoms with Gasteiger partial charge in [-0.2, -0.15) is 0 Å². The minimum Gasteiger partial charge on any atom is -0.458 e. The largest absolute Gasteiger partial charge is 0.458 e. The number of esters is 5. The van der Waals surface area contributed by atoms with Crippen LogP contribution in [0.15, 0.2) is 48.6 Å². The fourth-order valence-corrected chi connectivity index (χ4v) is 5.48. The molecule has 1 N–H and O–H groups in total. The van der Waals surface area contributed by atoms with Gasteiger partial charge in [0, 0.05) is 35.3 Å². The average Bonchev–Trinajstić information content (AvgIpc) is 2.96. The van der Waals surface area contributed by atoms with Crippen molar-refractivity contribution >= 4 is 35.9 Å². The SMILES string of the molecule is C=C(C)C(=O)OCC(COC(=O)C(=C)C)OC(=O)CC1CC(C)(C)CC(C)(CNC(=O)OC(COC(=O)C(=C)C)COC(=O)C(=C)C)C1. The van der Waals surface area contributed by atoms with Crippen molar-refractivity contribution < 1.29 is 57.2 Å². The zero-order valence-electron chi connectivity index (χ0n) is 29.3. The van der Waals surface area contributed by atoms with Gasteiger partial charge >= 0.3 is 35.9 Å². The monoisotopic (exact) mass is 677 g/mol. The Kier molecular flexibility index (Phi) is 16.3. The molecule has 0 aromatic carbocycles. The van der Waals surface area contributed by atoms with Crippen LogP contribution >= 0.6 is 0 Å². The summed E-state index contributed by atoms with van der Waals surface area (Å²) < 4.78 is 31.5. The highest BCUT2D eigenvalue weighted by atomic mass is 16.6. The molecule has 1 amide bonds. The Hall–Kier alpha value is -4.42. The predicted molar refractivity (Wildman–Crippen MR) is 175 cm³/mol. The van der Waals surface area contributed by atoms with E-state index in [-0.39, 0.29) is 73.0 Å². The summed E-state index contributed by atoms with van der Waals surface area (Å²) in [5.41, 5.74) is -0.0328. The molecule has 0 saturated heterocycles. The fourth-order valence-electron chi connectivity index (χ4n) is 5.48. The van der Waals surface area contributed by atoms with E-state index in [1.807, 2.05) is 6.92 Å². The molecule has 0 aliphatic heterocycles. The van der Waals surface area contributed by atoms with Crippen molar-refractivity contribution in [1.82, 2.24) is 5.32 Å². The van der Waals surface area contributed by atoms with Crippen LogP contribution < -0.4 is 5.32 Å². The zero-order valence-corrected chi connectivity index (χ0v) is 29.3. The summed E-state index contributed by atoms with van der Waals surface area (Å²) in [6.45, 7) is 24.9. The molecule has 0 radical (unpaired) electrons. The van der Waals surface area contributed by atoms with Gasteiger partial charge in [-0.1, -0.05) is 47.1 Å². The number of rotatable bonds is 18. The molecular weight excluding hydrogens is 626 g/mol. The standard InChI is InChI=1S/C35H51NO12/c1-21(2)29(38)43-15-26(16-44-30(39)22(3)4)47-28(37)12-25-13-34(9,10)19-35(11,14-25)20-36-33(42)48-27(17-45-31(40)23(5)6)18-46-32(41)24(7)8/h25-27H,1,3,5,7,12-20H2,2,4,6,8-11H3,(H,36,42). The summed E-state index contributed by atoms with van der Waals surface area (Å²) in [5, 5.41) is 2.76. The number of carbonyl (C=O) groups is 6. The molecule has 2 unspecified atom stereocenters. The van der Waals surface area contributed by atoms with E-state index >= 15 is 0 Å². The maximum atomic E-state index is 13.1. The first-order valence-corrected chi connectivity index (χ1v) is 15.6. The Labute approximate surface area is 283 Å². The molecular formula is C35H51NO12. The maximum absolute atomic E-state index is 13.1. The molecule has 268 valence electrons. The Bertz CT molecular complexity index is 1220. The van der Waals surface area contributed by atoms with Crippen LogP contribution in [0.25, 0.3) is 0 Å². The summed E-state index contributed by atoms with van der Waals surface area (Å²) in [4.78, 5) is 73.5. The Balaban J connectivity index is 2.89. The summed E-state index contributed by atoms with van der Waals surface area (Å²) in [5.74, 6) is -3.42. The number of ether oxygens (including phenoxy) is 6. The summed E-state index contributed by atoms with van der Waals surface area (Å²) in [7, 11) is 0. The minimum absolute atomic E-state index is 0.0348. The van der Waals surface area contributed by atoms with Gasteiger partial charge in [0.2, 0.25) is 0 Å². The highest BCUT2D eigenvalue weighted by Crippen LogP contribution is 2.49. The van der Waals surface area contributed by atoms with Gasteiger partial charge in [-0.15, -0.1) is 0 Å². The third-order valence-electron chi connectivity index (χ3n) is 7.21. The summed E-state index contributed by atoms with van der Waals surface area (Å²) in [6.07, 6.45) is -0.929. The second-order valence-electron chi connectivity index (χ2n) is 13.6. The first-order valence-electron chi connectivity index (χ1n) is 15.6. The van der Waals surface area contributed by atoms with Crippen molar-refractivity contribution in [2.24, 2.45) is 16.7 Å². The van der Waals surface area contributed by atoms with Crippen molar-refractivity contribution in [3.05, 3.63) is 48.6 Å². The van der Waals surface area contributed by atoms with Gasteiger partial charge in [0.05, 0.1) is 0 Å². The molecule has 13 heteroatoms. The van der Waals surface area contributed by atoms with Gasteiger partial charge in [-0.25, -0.2) is 24.0 Å². The number of alkyl carbamates (subject to hydrolysis) is 1. The topological polar surface area (TPSA) is 170 Å². The molecule has 1 aliphatic carbocycles. The van der Waals surface area contributed by atoms with Gasteiger partial charge in [0.25, 0.3) is 0 Å². The second kappa shape index (κ2) is 18.8. The third kappa shape index (κ3) is 15.9. The van der Waals surface area contributed by atoms with Crippen LogP contribution in [0, 0.1) is 16.7 Å². The van der Waals surface area contributed by atoms with Gasteiger partial charge in [-0.3, -0.25) is 4.79 Å². The quantitative estimate of drug-likeness (QED) is 0.121. The molecule has 1 rings (SSSR count). The van der Waals surface area contributed by atoms with Crippen molar-refractivity contribution in [2.45, 2.75) is 86.4 Å². The third-order valence-corrected chi connectivity index (χ3v) is 7.21. The van der Waals surface area contributed by atoms with E-state index in [0.29, 0.717) is 12.8 Å². The summed E-state index contributed by atoms with van der Waals surface area (Å²) >= 11 is 0. The van der Waals surface area contributed by atoms with Crippen molar-refractivity contribution in [2.75, 3.05) is 33.0 Å². The first-order chi connectivity index (χ1) is 22.1. The van der Waals surface area contributed by atoms with Gasteiger partial charge in [-0.05, 0) is 63.7 Å². The highest BCUT2D eigenvalue weighted by Gasteiger charge is 2.42. The molecule has 2 atom stereocenters. The molecule has 0 aromatic heterocycles. The lowest BCUT2D eigenvalue weighted by Gasteiger charge is -2.46. The molecule has 0 spiro atoms. The highest BCUT2D eigenvalue weighted by molar-refractivity contribution is 5.88. The van der Waals surface area contributed by atoms with E-state index in [4.69, 9.17) is 28.4 Å². The number of hydrogen-bond donors (Lipinski definition) is 1. The number of amides is 1. The smallest absolute Gasteiger partial charge is 0.407 e. The van der Waals surface area contributed by atoms with Crippen LogP contribution in [-0.2, 0) is 52.4 Å². The fraction of sp³-hybridized carbons (Fsp3) is 0.600. The second-order valence-corrected chi connectivity index (χ2v) is 13.6. The molecule has 0 heterocycles. The lowest BCUT2D eigenvalue weighted by atomic mass is 9.60. The van der Waals surface area contributed by atoms with Crippen molar-refractivity contribution in [3.63, 3.8) is 0 Å². The number of carbonyl (C=O) groups excluding carboxylic acids is 6. The number of nitrogens with one attached hydrogen (secondary N) is 1. The lowest BCUT2D eigenvalue weighted by molar-refractivity contribution is -0.165. The van der Waals surface area contributed by atoms with E-state index in [1.54, 1.807) is 0 Å². The molecule has 48 heavy (non-hydrogen) atoms. The number of hydrogen-bond acceptors (Lipinski definition) is 12. The Morgan fingerprint density at radius 3 is 1.40 bits per heavy atom. The predicted octanol–water partition coefficient (Wildman–Crippen LogP) is 4.69. The molecule has 1 fully saturated rings. The Morgan fingerprint density at radius 2 is 1.02 bits per heavy atom. The van der Waals surface area contributed by atoms with E-state index < -0.39 is 53.6 Å². The normalized spacial score (nSPS) is 18.1. The van der Waals surface area contributed by atoms with Gasteiger partial charge < -0.3 is 33.7 Å². The van der Waals surface area contributed by atoms with Gasteiger partial charge in [0.15, 0.2) is 12.2 Å². The lowest BCUT2D eigenvalue weighted by Crippen LogP contribution is -2.45. The van der Waals surface area contributed by atoms with E-state index in [9.17, 15) is 28.8 Å². The Morgan fingerprint density at radius 1 is 0.646 bits per heavy atom. The molecule has 0 bridgehead atoms. The molecule has 1 saturated carbocycles. The zero-order chi connectivity index (χ0) is 36.8. The molecule has 0 aromatic rings. The van der Waals surface area contributed by atoms with Crippen molar-refractivity contribution in [1.29, 1.82) is 0 Å². The van der Waals surface area contributed by atoms with Crippen LogP contribution in [0.2, 0.25) is 0 Å². The van der Waals surface area contributed by atoms with Crippen molar-refractivity contribution in [3.8, 4) is 0 Å². The van der Waals surface area contributed by atoms with Crippen LogP contribution in [0.4, 0.5) is 4.79 Å². The minimum atomic E-state index is -1.09. The van der Waals surface area contributed by atoms with E-state index in [0.717, 1.165) is 6.42 Å². The molecule has 13 nitrogen and oxygen atoms in total. The van der Waals surface area contributed by atoms with Crippen LogP contribution in [0.1, 0.15) is 74.1 Å². The average molecular weight is 678 g/mol. The van der Waals surface area contributed by atoms with E-state index in [1.165, 1.54) is 27.7 Å². The van der Waals surface area contributed by atoms with Crippen LogP contribution in [0.5, 0.6) is 0 Å². The maximum Gasteiger partial charge on any atom is 0.407 e. The van der Waals surface area contributed by atoms with Gasteiger partial charge in [0.1, 0.15) is 26.4 Å².